The van der Waals surface area contributed by atoms with Crippen molar-refractivity contribution in [2.24, 2.45) is 5.73 Å². The van der Waals surface area contributed by atoms with Crippen molar-refractivity contribution in [1.82, 2.24) is 0 Å². The number of nitrogens with two attached hydrogens (primary N) is 1. The normalized spacial score (nSPS) is 14.2. The van der Waals surface area contributed by atoms with Gasteiger partial charge in [0.25, 0.3) is 0 Å². The molecular formula is C49H86NO7P. The van der Waals surface area contributed by atoms with Crippen LogP contribution in [0.25, 0.3) is 0 Å². The van der Waals surface area contributed by atoms with Crippen molar-refractivity contribution in [2.75, 3.05) is 33.0 Å². The van der Waals surface area contributed by atoms with Crippen LogP contribution in [0.1, 0.15) is 181 Å². The first-order valence-corrected chi connectivity index (χ1v) is 24.6. The number of unbranched alkanes of at least 4 members (excludes halogenated alkanes) is 16. The molecule has 334 valence electrons. The van der Waals surface area contributed by atoms with Crippen molar-refractivity contribution in [2.45, 2.75) is 187 Å². The Morgan fingerprint density at radius 1 is 0.534 bits per heavy atom. The van der Waals surface area contributed by atoms with E-state index in [-0.39, 0.29) is 32.3 Å². The van der Waals surface area contributed by atoms with Crippen LogP contribution in [-0.4, -0.2) is 49.9 Å². The van der Waals surface area contributed by atoms with Gasteiger partial charge in [-0.3, -0.25) is 13.8 Å². The highest BCUT2D eigenvalue weighted by atomic mass is 31.2. The van der Waals surface area contributed by atoms with Crippen LogP contribution in [-0.2, 0) is 27.9 Å². The maximum absolute atomic E-state index is 12.6. The monoisotopic (exact) mass is 832 g/mol. The van der Waals surface area contributed by atoms with Gasteiger partial charge in [0.2, 0.25) is 0 Å². The molecule has 3 N–H and O–H groups in total. The maximum Gasteiger partial charge on any atom is 0.472 e. The van der Waals surface area contributed by atoms with Crippen LogP contribution in [0, 0.1) is 0 Å². The Hall–Kier alpha value is -2.32. The molecule has 0 rings (SSSR count). The number of allylic oxidation sites excluding steroid dienone is 14. The molecule has 2 unspecified atom stereocenters. The Balaban J connectivity index is 4.05. The molecule has 2 atom stereocenters. The van der Waals surface area contributed by atoms with E-state index >= 15 is 0 Å². The number of rotatable bonds is 43. The molecule has 0 saturated carbocycles. The van der Waals surface area contributed by atoms with E-state index in [0.717, 1.165) is 83.5 Å². The van der Waals surface area contributed by atoms with E-state index in [2.05, 4.69) is 98.9 Å². The Bertz CT molecular complexity index is 1160. The molecule has 0 aromatic rings. The van der Waals surface area contributed by atoms with E-state index in [9.17, 15) is 14.3 Å². The number of esters is 1. The average molecular weight is 832 g/mol. The van der Waals surface area contributed by atoms with Crippen LogP contribution in [0.4, 0.5) is 0 Å². The number of phosphoric ester groups is 1. The number of hydrogen-bond acceptors (Lipinski definition) is 7. The molecule has 9 heteroatoms. The van der Waals surface area contributed by atoms with Gasteiger partial charge in [-0.15, -0.1) is 0 Å². The summed E-state index contributed by atoms with van der Waals surface area (Å²) in [4.78, 5) is 22.5. The highest BCUT2D eigenvalue weighted by Gasteiger charge is 2.25. The smallest absolute Gasteiger partial charge is 0.457 e. The zero-order valence-electron chi connectivity index (χ0n) is 37.0. The standard InChI is InChI=1S/C49H86NO7P/c1-3-5-7-9-11-13-15-17-19-20-21-22-23-24-25-26-27-28-29-30-32-34-36-38-40-42-49(51)57-48(47-56-58(52,53)55-45-43-50)46-54-44-41-39-37-35-33-31-18-16-14-12-10-8-6-4-2/h5,7,11,13-14,16-17,19,21-22,24-25,27-28,48H,3-4,6,8-10,12,15,18,20,23,26,29-47,50H2,1-2H3,(H,52,53)/b7-5-,13-11-,16-14-,19-17-,22-21-,25-24-,28-27-. The van der Waals surface area contributed by atoms with E-state index in [1.54, 1.807) is 0 Å². The highest BCUT2D eigenvalue weighted by molar-refractivity contribution is 7.47. The number of ether oxygens (including phenoxy) is 2. The molecule has 58 heavy (non-hydrogen) atoms. The van der Waals surface area contributed by atoms with Crippen molar-refractivity contribution < 1.29 is 32.8 Å². The van der Waals surface area contributed by atoms with Crippen molar-refractivity contribution in [3.05, 3.63) is 85.1 Å². The van der Waals surface area contributed by atoms with Crippen LogP contribution in [0.3, 0.4) is 0 Å². The third-order valence-electron chi connectivity index (χ3n) is 9.30. The fourth-order valence-electron chi connectivity index (χ4n) is 5.93. The molecule has 0 heterocycles. The Labute approximate surface area is 356 Å². The third kappa shape index (κ3) is 44.8. The van der Waals surface area contributed by atoms with Crippen LogP contribution in [0.2, 0.25) is 0 Å². The van der Waals surface area contributed by atoms with Gasteiger partial charge in [0, 0.05) is 19.6 Å². The van der Waals surface area contributed by atoms with Gasteiger partial charge >= 0.3 is 13.8 Å². The average Bonchev–Trinajstić information content (AvgIpc) is 3.21. The van der Waals surface area contributed by atoms with Gasteiger partial charge in [0.1, 0.15) is 6.10 Å². The van der Waals surface area contributed by atoms with Gasteiger partial charge in [0.15, 0.2) is 0 Å². The summed E-state index contributed by atoms with van der Waals surface area (Å²) in [5.74, 6) is -0.350. The lowest BCUT2D eigenvalue weighted by atomic mass is 10.1. The minimum absolute atomic E-state index is 0.0924. The minimum atomic E-state index is -4.29. The Morgan fingerprint density at radius 3 is 1.47 bits per heavy atom. The molecule has 0 saturated heterocycles. The van der Waals surface area contributed by atoms with Gasteiger partial charge < -0.3 is 20.1 Å². The lowest BCUT2D eigenvalue weighted by molar-refractivity contribution is -0.154. The molecule has 0 spiro atoms. The number of carbonyl (C=O) groups excluding carboxylic acids is 1. The minimum Gasteiger partial charge on any atom is -0.457 e. The van der Waals surface area contributed by atoms with E-state index in [4.69, 9.17) is 24.3 Å². The maximum atomic E-state index is 12.6. The predicted molar refractivity (Wildman–Crippen MR) is 247 cm³/mol. The first-order valence-electron chi connectivity index (χ1n) is 23.1. The number of carbonyl (C=O) groups is 1. The molecule has 0 aromatic heterocycles. The molecule has 0 aliphatic carbocycles. The van der Waals surface area contributed by atoms with Crippen molar-refractivity contribution in [1.29, 1.82) is 0 Å². The highest BCUT2D eigenvalue weighted by Crippen LogP contribution is 2.43. The zero-order chi connectivity index (χ0) is 42.3. The van der Waals surface area contributed by atoms with Crippen molar-refractivity contribution >= 4 is 13.8 Å². The molecule has 0 fully saturated rings. The van der Waals surface area contributed by atoms with Crippen LogP contribution >= 0.6 is 7.82 Å². The SMILES string of the molecule is CC/C=C\C/C=C\C/C=C\C/C=C\C/C=C\C/C=C\CCCCCCCCC(=O)OC(COCCCCCCCC/C=C\CCCCCC)COP(=O)(O)OCCN. The number of hydrogen-bond donors (Lipinski definition) is 2. The third-order valence-corrected chi connectivity index (χ3v) is 10.3. The van der Waals surface area contributed by atoms with Crippen LogP contribution < -0.4 is 5.73 Å². The number of phosphoric acid groups is 1. The molecule has 0 aliphatic heterocycles. The molecule has 0 aliphatic rings. The largest absolute Gasteiger partial charge is 0.472 e. The molecule has 8 nitrogen and oxygen atoms in total. The fourth-order valence-corrected chi connectivity index (χ4v) is 6.70. The van der Waals surface area contributed by atoms with E-state index < -0.39 is 13.9 Å². The molecular weight excluding hydrogens is 746 g/mol. The van der Waals surface area contributed by atoms with E-state index in [1.807, 2.05) is 0 Å². The van der Waals surface area contributed by atoms with Crippen molar-refractivity contribution in [3.8, 4) is 0 Å². The van der Waals surface area contributed by atoms with Crippen LogP contribution in [0.5, 0.6) is 0 Å². The van der Waals surface area contributed by atoms with E-state index in [0.29, 0.717) is 13.0 Å². The fraction of sp³-hybridized carbons (Fsp3) is 0.694. The summed E-state index contributed by atoms with van der Waals surface area (Å²) in [6, 6.07) is 0. The summed E-state index contributed by atoms with van der Waals surface area (Å²) in [6.45, 7) is 4.75. The summed E-state index contributed by atoms with van der Waals surface area (Å²) in [6.07, 6.45) is 58.9. The quantitative estimate of drug-likeness (QED) is 0.0270. The Morgan fingerprint density at radius 2 is 0.966 bits per heavy atom. The molecule has 0 amide bonds. The summed E-state index contributed by atoms with van der Waals surface area (Å²) in [5, 5.41) is 0. The summed E-state index contributed by atoms with van der Waals surface area (Å²) in [5.41, 5.74) is 5.37. The first-order chi connectivity index (χ1) is 28.4. The first kappa shape index (κ1) is 55.7. The van der Waals surface area contributed by atoms with Gasteiger partial charge in [-0.2, -0.15) is 0 Å². The lowest BCUT2D eigenvalue weighted by Gasteiger charge is -2.20. The summed E-state index contributed by atoms with van der Waals surface area (Å²) in [7, 11) is -4.29. The van der Waals surface area contributed by atoms with Crippen molar-refractivity contribution in [3.63, 3.8) is 0 Å². The van der Waals surface area contributed by atoms with E-state index in [1.165, 1.54) is 77.0 Å². The second-order valence-corrected chi connectivity index (χ2v) is 16.3. The Kier molecular flexibility index (Phi) is 43.9. The van der Waals surface area contributed by atoms with Gasteiger partial charge in [-0.05, 0) is 89.9 Å². The zero-order valence-corrected chi connectivity index (χ0v) is 37.9. The van der Waals surface area contributed by atoms with Gasteiger partial charge in [-0.1, -0.05) is 170 Å². The molecule has 0 bridgehead atoms. The topological polar surface area (TPSA) is 117 Å². The summed E-state index contributed by atoms with van der Waals surface area (Å²) < 4.78 is 33.4. The molecule has 0 radical (unpaired) electrons. The second kappa shape index (κ2) is 45.8. The second-order valence-electron chi connectivity index (χ2n) is 14.9. The summed E-state index contributed by atoms with van der Waals surface area (Å²) >= 11 is 0. The van der Waals surface area contributed by atoms with Gasteiger partial charge in [0.05, 0.1) is 19.8 Å². The van der Waals surface area contributed by atoms with Crippen LogP contribution in [0.15, 0.2) is 85.1 Å². The predicted octanol–water partition coefficient (Wildman–Crippen LogP) is 14.1. The van der Waals surface area contributed by atoms with Gasteiger partial charge in [-0.25, -0.2) is 4.57 Å². The lowest BCUT2D eigenvalue weighted by Crippen LogP contribution is -2.28. The molecule has 0 aromatic carbocycles.